The molecular formula is C16H21N3O2. The molecule has 1 aliphatic heterocycles. The van der Waals surface area contributed by atoms with Crippen molar-refractivity contribution in [3.63, 3.8) is 0 Å². The van der Waals surface area contributed by atoms with E-state index in [0.717, 1.165) is 38.2 Å². The van der Waals surface area contributed by atoms with Crippen LogP contribution in [0.15, 0.2) is 18.2 Å². The molecule has 0 aliphatic carbocycles. The molecule has 1 aromatic rings. The van der Waals surface area contributed by atoms with Crippen LogP contribution in [0.4, 0.5) is 5.69 Å². The number of carbonyl (C=O) groups is 1. The normalized spacial score (nSPS) is 16.0. The molecule has 1 saturated heterocycles. The number of carboxylic acids is 1. The van der Waals surface area contributed by atoms with Gasteiger partial charge in [-0.3, -0.25) is 0 Å². The van der Waals surface area contributed by atoms with Gasteiger partial charge in [0.1, 0.15) is 6.07 Å². The topological polar surface area (TPSA) is 67.6 Å². The van der Waals surface area contributed by atoms with Crippen molar-refractivity contribution in [1.29, 1.82) is 5.26 Å². The molecule has 0 radical (unpaired) electrons. The summed E-state index contributed by atoms with van der Waals surface area (Å²) < 4.78 is 0. The van der Waals surface area contributed by atoms with Crippen molar-refractivity contribution in [3.05, 3.63) is 29.3 Å². The summed E-state index contributed by atoms with van der Waals surface area (Å²) >= 11 is 0. The molecule has 1 heterocycles. The van der Waals surface area contributed by atoms with E-state index in [2.05, 4.69) is 30.0 Å². The maximum atomic E-state index is 11.0. The quantitative estimate of drug-likeness (QED) is 0.917. The SMILES string of the molecule is CN(C)CC1CCN(c2ccc(C(=O)O)cc2C#N)CC1. The van der Waals surface area contributed by atoms with Gasteiger partial charge in [0, 0.05) is 19.6 Å². The zero-order chi connectivity index (χ0) is 15.4. The van der Waals surface area contributed by atoms with Crippen LogP contribution < -0.4 is 4.90 Å². The van der Waals surface area contributed by atoms with Crippen molar-refractivity contribution < 1.29 is 9.90 Å². The van der Waals surface area contributed by atoms with E-state index < -0.39 is 5.97 Å². The van der Waals surface area contributed by atoms with Crippen LogP contribution in [-0.2, 0) is 0 Å². The first-order chi connectivity index (χ1) is 10.0. The van der Waals surface area contributed by atoms with E-state index in [9.17, 15) is 10.1 Å². The lowest BCUT2D eigenvalue weighted by molar-refractivity contribution is 0.0697. The lowest BCUT2D eigenvalue weighted by atomic mass is 9.95. The Morgan fingerprint density at radius 2 is 2.10 bits per heavy atom. The standard InChI is InChI=1S/C16H21N3O2/c1-18(2)11-12-5-7-19(8-6-12)15-4-3-13(16(20)21)9-14(15)10-17/h3-4,9,12H,5-8,11H2,1-2H3,(H,20,21). The first-order valence-electron chi connectivity index (χ1n) is 7.18. The van der Waals surface area contributed by atoms with E-state index in [4.69, 9.17) is 5.11 Å². The third kappa shape index (κ3) is 3.73. The van der Waals surface area contributed by atoms with Gasteiger partial charge < -0.3 is 14.9 Å². The molecular weight excluding hydrogens is 266 g/mol. The summed E-state index contributed by atoms with van der Waals surface area (Å²) in [5, 5.41) is 18.2. The van der Waals surface area contributed by atoms with Crippen LogP contribution in [0.5, 0.6) is 0 Å². The minimum atomic E-state index is -0.997. The Hall–Kier alpha value is -2.06. The fourth-order valence-corrected chi connectivity index (χ4v) is 2.91. The van der Waals surface area contributed by atoms with Gasteiger partial charge in [0.15, 0.2) is 0 Å². The highest BCUT2D eigenvalue weighted by molar-refractivity contribution is 5.89. The molecule has 1 aromatic carbocycles. The number of hydrogen-bond acceptors (Lipinski definition) is 4. The number of nitrogens with zero attached hydrogens (tertiary/aromatic N) is 3. The second kappa shape index (κ2) is 6.59. The monoisotopic (exact) mass is 287 g/mol. The van der Waals surface area contributed by atoms with Crippen LogP contribution in [0.1, 0.15) is 28.8 Å². The molecule has 5 heteroatoms. The highest BCUT2D eigenvalue weighted by atomic mass is 16.4. The molecule has 0 unspecified atom stereocenters. The number of anilines is 1. The van der Waals surface area contributed by atoms with Crippen molar-refractivity contribution in [2.45, 2.75) is 12.8 Å². The summed E-state index contributed by atoms with van der Waals surface area (Å²) in [6.45, 7) is 2.93. The minimum absolute atomic E-state index is 0.165. The Bertz CT molecular complexity index is 555. The number of hydrogen-bond donors (Lipinski definition) is 1. The van der Waals surface area contributed by atoms with Crippen LogP contribution in [0.2, 0.25) is 0 Å². The number of carboxylic acid groups (broad SMARTS) is 1. The molecule has 112 valence electrons. The first-order valence-corrected chi connectivity index (χ1v) is 7.18. The Kier molecular flexibility index (Phi) is 4.81. The fraction of sp³-hybridized carbons (Fsp3) is 0.500. The van der Waals surface area contributed by atoms with E-state index in [1.54, 1.807) is 12.1 Å². The third-order valence-corrected chi connectivity index (χ3v) is 3.94. The summed E-state index contributed by atoms with van der Waals surface area (Å²) in [6.07, 6.45) is 2.20. The van der Waals surface area contributed by atoms with E-state index in [1.807, 2.05) is 0 Å². The Labute approximate surface area is 125 Å². The summed E-state index contributed by atoms with van der Waals surface area (Å²) in [4.78, 5) is 15.4. The lowest BCUT2D eigenvalue weighted by Gasteiger charge is -2.35. The maximum absolute atomic E-state index is 11.0. The first kappa shape index (κ1) is 15.3. The molecule has 21 heavy (non-hydrogen) atoms. The predicted molar refractivity (Wildman–Crippen MR) is 81.6 cm³/mol. The Balaban J connectivity index is 2.10. The van der Waals surface area contributed by atoms with Crippen molar-refractivity contribution >= 4 is 11.7 Å². The average Bonchev–Trinajstić information content (AvgIpc) is 2.46. The second-order valence-electron chi connectivity index (χ2n) is 5.84. The molecule has 5 nitrogen and oxygen atoms in total. The van der Waals surface area contributed by atoms with Crippen molar-refractivity contribution in [2.75, 3.05) is 38.6 Å². The fourth-order valence-electron chi connectivity index (χ4n) is 2.91. The molecule has 1 N–H and O–H groups in total. The van der Waals surface area contributed by atoms with E-state index in [0.29, 0.717) is 11.5 Å². The van der Waals surface area contributed by atoms with Gasteiger partial charge in [0.2, 0.25) is 0 Å². The smallest absolute Gasteiger partial charge is 0.335 e. The van der Waals surface area contributed by atoms with Crippen molar-refractivity contribution in [2.24, 2.45) is 5.92 Å². The van der Waals surface area contributed by atoms with Crippen LogP contribution in [0, 0.1) is 17.2 Å². The lowest BCUT2D eigenvalue weighted by Crippen LogP contribution is -2.37. The van der Waals surface area contributed by atoms with Gasteiger partial charge in [-0.2, -0.15) is 5.26 Å². The van der Waals surface area contributed by atoms with Gasteiger partial charge in [-0.15, -0.1) is 0 Å². The van der Waals surface area contributed by atoms with Gasteiger partial charge in [-0.1, -0.05) is 0 Å². The molecule has 1 fully saturated rings. The highest BCUT2D eigenvalue weighted by Gasteiger charge is 2.22. The molecule has 0 amide bonds. The average molecular weight is 287 g/mol. The summed E-state index contributed by atoms with van der Waals surface area (Å²) in [5.41, 5.74) is 1.46. The molecule has 1 aliphatic rings. The largest absolute Gasteiger partial charge is 0.478 e. The minimum Gasteiger partial charge on any atom is -0.478 e. The molecule has 0 spiro atoms. The number of nitriles is 1. The van der Waals surface area contributed by atoms with Crippen molar-refractivity contribution in [3.8, 4) is 6.07 Å². The van der Waals surface area contributed by atoms with Gasteiger partial charge >= 0.3 is 5.97 Å². The number of aromatic carboxylic acids is 1. The second-order valence-corrected chi connectivity index (χ2v) is 5.84. The maximum Gasteiger partial charge on any atom is 0.335 e. The van der Waals surface area contributed by atoms with Gasteiger partial charge in [0.05, 0.1) is 16.8 Å². The number of rotatable bonds is 4. The van der Waals surface area contributed by atoms with Crippen LogP contribution in [0.25, 0.3) is 0 Å². The highest BCUT2D eigenvalue weighted by Crippen LogP contribution is 2.27. The Morgan fingerprint density at radius 1 is 1.43 bits per heavy atom. The molecule has 0 saturated carbocycles. The van der Waals surface area contributed by atoms with Crippen LogP contribution in [0.3, 0.4) is 0 Å². The number of benzene rings is 1. The van der Waals surface area contributed by atoms with Crippen LogP contribution in [-0.4, -0.2) is 49.7 Å². The summed E-state index contributed by atoms with van der Waals surface area (Å²) in [6, 6.07) is 6.91. The van der Waals surface area contributed by atoms with E-state index in [1.165, 1.54) is 6.07 Å². The van der Waals surface area contributed by atoms with Gasteiger partial charge in [-0.25, -0.2) is 4.79 Å². The summed E-state index contributed by atoms with van der Waals surface area (Å²) in [7, 11) is 4.18. The Morgan fingerprint density at radius 3 is 2.62 bits per heavy atom. The van der Waals surface area contributed by atoms with Crippen LogP contribution >= 0.6 is 0 Å². The molecule has 2 rings (SSSR count). The van der Waals surface area contributed by atoms with Crippen molar-refractivity contribution in [1.82, 2.24) is 4.90 Å². The predicted octanol–water partition coefficient (Wildman–Crippen LogP) is 2.03. The number of piperidine rings is 1. The zero-order valence-corrected chi connectivity index (χ0v) is 12.5. The summed E-state index contributed by atoms with van der Waals surface area (Å²) in [5.74, 6) is -0.303. The van der Waals surface area contributed by atoms with E-state index in [-0.39, 0.29) is 5.56 Å². The third-order valence-electron chi connectivity index (χ3n) is 3.94. The zero-order valence-electron chi connectivity index (χ0n) is 12.5. The molecule has 0 bridgehead atoms. The van der Waals surface area contributed by atoms with E-state index >= 15 is 0 Å². The molecule has 0 atom stereocenters. The van der Waals surface area contributed by atoms with Gasteiger partial charge in [-0.05, 0) is 51.1 Å². The van der Waals surface area contributed by atoms with Gasteiger partial charge in [0.25, 0.3) is 0 Å². The molecule has 0 aromatic heterocycles.